The van der Waals surface area contributed by atoms with E-state index in [1.54, 1.807) is 38.4 Å². The van der Waals surface area contributed by atoms with E-state index >= 15 is 0 Å². The highest BCUT2D eigenvalue weighted by molar-refractivity contribution is 5.95. The minimum Gasteiger partial charge on any atom is -0.382 e. The molecule has 1 saturated heterocycles. The first-order chi connectivity index (χ1) is 10.9. The maximum atomic E-state index is 12.9. The lowest BCUT2D eigenvalue weighted by Crippen LogP contribution is -2.53. The van der Waals surface area contributed by atoms with Crippen LogP contribution in [0.1, 0.15) is 29.6 Å². The molecule has 126 valence electrons. The van der Waals surface area contributed by atoms with Gasteiger partial charge in [0.15, 0.2) is 0 Å². The van der Waals surface area contributed by atoms with E-state index in [1.807, 2.05) is 0 Å². The third-order valence-electron chi connectivity index (χ3n) is 4.37. The Labute approximate surface area is 135 Å². The largest absolute Gasteiger partial charge is 0.382 e. The number of nitrogens with one attached hydrogen (secondary N) is 1. The summed E-state index contributed by atoms with van der Waals surface area (Å²) in [6.45, 7) is 0.839. The number of likely N-dealkylation sites (tertiary alicyclic amines) is 1. The molecule has 0 bridgehead atoms. The van der Waals surface area contributed by atoms with Gasteiger partial charge < -0.3 is 19.5 Å². The number of carbonyl (C=O) groups excluding carboxylic acids is 2. The summed E-state index contributed by atoms with van der Waals surface area (Å²) in [5.74, 6) is -0.369. The van der Waals surface area contributed by atoms with Crippen molar-refractivity contribution in [3.63, 3.8) is 0 Å². The summed E-state index contributed by atoms with van der Waals surface area (Å²) in [5, 5.41) is 2.61. The topological polar surface area (TPSA) is 80.6 Å². The van der Waals surface area contributed by atoms with E-state index in [1.165, 1.54) is 10.6 Å². The average molecular weight is 321 g/mol. The number of nitrogens with zero attached hydrogens (tertiary/aromatic N) is 2. The predicted octanol–water partition coefficient (Wildman–Crippen LogP) is 0.143. The van der Waals surface area contributed by atoms with Crippen molar-refractivity contribution in [1.29, 1.82) is 0 Å². The SMILES string of the molecule is CNC(=O)CC1(COC)CCCN1C(=O)c1ccn(C)c(=O)c1. The van der Waals surface area contributed by atoms with Crippen molar-refractivity contribution in [2.24, 2.45) is 7.05 Å². The molecule has 0 radical (unpaired) electrons. The molecule has 0 saturated carbocycles. The summed E-state index contributed by atoms with van der Waals surface area (Å²) in [4.78, 5) is 38.2. The lowest BCUT2D eigenvalue weighted by atomic mass is 9.91. The number of rotatable bonds is 5. The average Bonchev–Trinajstić information content (AvgIpc) is 2.92. The Bertz CT molecular complexity index is 655. The van der Waals surface area contributed by atoms with Gasteiger partial charge in [-0.2, -0.15) is 0 Å². The van der Waals surface area contributed by atoms with Crippen LogP contribution < -0.4 is 10.9 Å². The molecule has 7 nitrogen and oxygen atoms in total. The molecule has 1 atom stereocenters. The first-order valence-electron chi connectivity index (χ1n) is 7.62. The van der Waals surface area contributed by atoms with Gasteiger partial charge in [-0.05, 0) is 18.9 Å². The maximum Gasteiger partial charge on any atom is 0.254 e. The van der Waals surface area contributed by atoms with Crippen molar-refractivity contribution in [3.05, 3.63) is 34.2 Å². The van der Waals surface area contributed by atoms with E-state index in [2.05, 4.69) is 5.32 Å². The lowest BCUT2D eigenvalue weighted by Gasteiger charge is -2.37. The van der Waals surface area contributed by atoms with Crippen LogP contribution in [0.3, 0.4) is 0 Å². The summed E-state index contributed by atoms with van der Waals surface area (Å²) < 4.78 is 6.70. The van der Waals surface area contributed by atoms with Crippen LogP contribution in [0, 0.1) is 0 Å². The quantitative estimate of drug-likeness (QED) is 0.837. The van der Waals surface area contributed by atoms with Gasteiger partial charge in [-0.3, -0.25) is 14.4 Å². The molecule has 1 aliphatic rings. The Morgan fingerprint density at radius 2 is 2.17 bits per heavy atom. The van der Waals surface area contributed by atoms with Crippen LogP contribution in [-0.4, -0.2) is 54.1 Å². The van der Waals surface area contributed by atoms with Crippen LogP contribution in [-0.2, 0) is 16.6 Å². The second-order valence-corrected chi connectivity index (χ2v) is 5.93. The molecule has 0 aromatic carbocycles. The van der Waals surface area contributed by atoms with E-state index < -0.39 is 5.54 Å². The molecular formula is C16H23N3O4. The van der Waals surface area contributed by atoms with Crippen molar-refractivity contribution in [3.8, 4) is 0 Å². The van der Waals surface area contributed by atoms with Gasteiger partial charge in [0, 0.05) is 45.6 Å². The van der Waals surface area contributed by atoms with E-state index in [0.717, 1.165) is 6.42 Å². The summed E-state index contributed by atoms with van der Waals surface area (Å²) in [6.07, 6.45) is 3.26. The van der Waals surface area contributed by atoms with Gasteiger partial charge >= 0.3 is 0 Å². The number of aromatic nitrogens is 1. The van der Waals surface area contributed by atoms with Crippen molar-refractivity contribution in [1.82, 2.24) is 14.8 Å². The summed E-state index contributed by atoms with van der Waals surface area (Å²) in [6, 6.07) is 2.96. The zero-order valence-corrected chi connectivity index (χ0v) is 13.8. The summed E-state index contributed by atoms with van der Waals surface area (Å²) in [5.41, 5.74) is -0.557. The van der Waals surface area contributed by atoms with Gasteiger partial charge in [-0.15, -0.1) is 0 Å². The zero-order chi connectivity index (χ0) is 17.0. The number of aryl methyl sites for hydroxylation is 1. The van der Waals surface area contributed by atoms with Crippen molar-refractivity contribution >= 4 is 11.8 Å². The third-order valence-corrected chi connectivity index (χ3v) is 4.37. The predicted molar refractivity (Wildman–Crippen MR) is 85.2 cm³/mol. The number of amides is 2. The van der Waals surface area contributed by atoms with Crippen molar-refractivity contribution < 1.29 is 14.3 Å². The number of carbonyl (C=O) groups is 2. The highest BCUT2D eigenvalue weighted by atomic mass is 16.5. The molecule has 0 aliphatic carbocycles. The second-order valence-electron chi connectivity index (χ2n) is 5.93. The fourth-order valence-electron chi connectivity index (χ4n) is 3.13. The van der Waals surface area contributed by atoms with Gasteiger partial charge in [-0.25, -0.2) is 0 Å². The highest BCUT2D eigenvalue weighted by Crippen LogP contribution is 2.34. The minimum atomic E-state index is -0.660. The van der Waals surface area contributed by atoms with Crippen LogP contribution >= 0.6 is 0 Å². The number of methoxy groups -OCH3 is 1. The van der Waals surface area contributed by atoms with E-state index in [9.17, 15) is 14.4 Å². The molecule has 2 amide bonds. The monoisotopic (exact) mass is 321 g/mol. The van der Waals surface area contributed by atoms with E-state index in [4.69, 9.17) is 4.74 Å². The Kier molecular flexibility index (Phi) is 5.20. The summed E-state index contributed by atoms with van der Waals surface area (Å²) >= 11 is 0. The van der Waals surface area contributed by atoms with E-state index in [-0.39, 0.29) is 30.4 Å². The Hall–Kier alpha value is -2.15. The molecule has 1 unspecified atom stereocenters. The number of hydrogen-bond donors (Lipinski definition) is 1. The molecule has 1 aromatic heterocycles. The second kappa shape index (κ2) is 6.95. The van der Waals surface area contributed by atoms with Gasteiger partial charge in [0.2, 0.25) is 5.91 Å². The standard InChI is InChI=1S/C16H23N3O4/c1-17-13(20)10-16(11-23-3)6-4-7-19(16)15(22)12-5-8-18(2)14(21)9-12/h5,8-9H,4,6-7,10-11H2,1-3H3,(H,17,20). The molecule has 2 heterocycles. The Balaban J connectivity index is 2.33. The molecule has 2 rings (SSSR count). The van der Waals surface area contributed by atoms with E-state index in [0.29, 0.717) is 18.5 Å². The maximum absolute atomic E-state index is 12.9. The lowest BCUT2D eigenvalue weighted by molar-refractivity contribution is -0.123. The first kappa shape index (κ1) is 17.2. The Morgan fingerprint density at radius 3 is 2.78 bits per heavy atom. The van der Waals surface area contributed by atoms with Crippen molar-refractivity contribution in [2.45, 2.75) is 24.8 Å². The first-order valence-corrected chi connectivity index (χ1v) is 7.62. The third kappa shape index (κ3) is 3.44. The van der Waals surface area contributed by atoms with Crippen LogP contribution in [0.25, 0.3) is 0 Å². The van der Waals surface area contributed by atoms with Gasteiger partial charge in [0.05, 0.1) is 18.6 Å². The molecule has 1 N–H and O–H groups in total. The molecular weight excluding hydrogens is 298 g/mol. The number of hydrogen-bond acceptors (Lipinski definition) is 4. The molecule has 7 heteroatoms. The highest BCUT2D eigenvalue weighted by Gasteiger charge is 2.45. The summed E-state index contributed by atoms with van der Waals surface area (Å²) in [7, 11) is 4.77. The minimum absolute atomic E-state index is 0.134. The zero-order valence-electron chi connectivity index (χ0n) is 13.8. The van der Waals surface area contributed by atoms with Gasteiger partial charge in [-0.1, -0.05) is 0 Å². The van der Waals surface area contributed by atoms with Crippen LogP contribution in [0.5, 0.6) is 0 Å². The molecule has 1 aromatic rings. The van der Waals surface area contributed by atoms with Crippen LogP contribution in [0.15, 0.2) is 23.1 Å². The Morgan fingerprint density at radius 1 is 1.43 bits per heavy atom. The van der Waals surface area contributed by atoms with Gasteiger partial charge in [0.25, 0.3) is 11.5 Å². The molecule has 23 heavy (non-hydrogen) atoms. The van der Waals surface area contributed by atoms with Gasteiger partial charge in [0.1, 0.15) is 0 Å². The molecule has 0 spiro atoms. The molecule has 1 aliphatic heterocycles. The normalized spacial score (nSPS) is 20.6. The fourth-order valence-corrected chi connectivity index (χ4v) is 3.13. The molecule has 1 fully saturated rings. The number of pyridine rings is 1. The fraction of sp³-hybridized carbons (Fsp3) is 0.562. The van der Waals surface area contributed by atoms with Crippen molar-refractivity contribution in [2.75, 3.05) is 27.3 Å². The van der Waals surface area contributed by atoms with Crippen LogP contribution in [0.2, 0.25) is 0 Å². The number of ether oxygens (including phenoxy) is 1. The smallest absolute Gasteiger partial charge is 0.254 e. The van der Waals surface area contributed by atoms with Crippen LogP contribution in [0.4, 0.5) is 0 Å².